The number of allylic oxidation sites excluding steroid dienone is 1. The first-order valence-electron chi connectivity index (χ1n) is 7.20. The Morgan fingerprint density at radius 2 is 2.29 bits per heavy atom. The minimum atomic E-state index is 0. The summed E-state index contributed by atoms with van der Waals surface area (Å²) in [5.41, 5.74) is 8.90. The molecule has 0 amide bonds. The number of nitrogen functional groups attached to an aromatic ring is 1. The molecule has 0 spiro atoms. The van der Waals surface area contributed by atoms with Crippen LogP contribution in [0.5, 0.6) is 0 Å². The average molecular weight is 357 g/mol. The zero-order valence-electron chi connectivity index (χ0n) is 12.0. The Kier molecular flexibility index (Phi) is 4.06. The molecule has 1 aliphatic carbocycles. The number of aromatic nitrogens is 3. The Morgan fingerprint density at radius 3 is 3.14 bits per heavy atom. The van der Waals surface area contributed by atoms with Gasteiger partial charge in [-0.15, -0.1) is 0 Å². The van der Waals surface area contributed by atoms with Gasteiger partial charge in [0.1, 0.15) is 0 Å². The molecule has 0 aromatic carbocycles. The van der Waals surface area contributed by atoms with Gasteiger partial charge >= 0.3 is 0 Å². The molecule has 2 aliphatic rings. The van der Waals surface area contributed by atoms with Gasteiger partial charge in [0.15, 0.2) is 0 Å². The summed E-state index contributed by atoms with van der Waals surface area (Å²) in [7, 11) is 0. The fourth-order valence-corrected chi connectivity index (χ4v) is 3.56. The zero-order valence-corrected chi connectivity index (χ0v) is 14.8. The molecule has 1 saturated carbocycles. The summed E-state index contributed by atoms with van der Waals surface area (Å²) in [5, 5.41) is 3.57. The quantitative estimate of drug-likeness (QED) is 0.706. The van der Waals surface area contributed by atoms with Crippen LogP contribution < -0.4 is 11.1 Å². The Morgan fingerprint density at radius 1 is 1.43 bits per heavy atom. The SMILES string of the molecule is C=C1Cc2cnc(N)c3[c-]nc(n23)[C@@H]2CCCC(C2)N1.[Y]. The van der Waals surface area contributed by atoms with E-state index in [0.29, 0.717) is 17.8 Å². The van der Waals surface area contributed by atoms with Crippen molar-refractivity contribution in [1.82, 2.24) is 19.7 Å². The third-order valence-electron chi connectivity index (χ3n) is 4.45. The van der Waals surface area contributed by atoms with Crippen molar-refractivity contribution in [3.8, 4) is 0 Å². The minimum Gasteiger partial charge on any atom is -0.432 e. The van der Waals surface area contributed by atoms with Crippen molar-refractivity contribution in [3.63, 3.8) is 0 Å². The van der Waals surface area contributed by atoms with E-state index >= 15 is 0 Å². The van der Waals surface area contributed by atoms with E-state index in [9.17, 15) is 0 Å². The summed E-state index contributed by atoms with van der Waals surface area (Å²) in [6.07, 6.45) is 10.4. The second kappa shape index (κ2) is 5.69. The fourth-order valence-electron chi connectivity index (χ4n) is 3.56. The fraction of sp³-hybridized carbons (Fsp3) is 0.467. The molecule has 1 unspecified atom stereocenters. The Hall–Kier alpha value is -0.936. The molecule has 3 N–H and O–H groups in total. The summed E-state index contributed by atoms with van der Waals surface area (Å²) in [6.45, 7) is 4.16. The topological polar surface area (TPSA) is 68.2 Å². The number of nitrogens with zero attached hydrogens (tertiary/aromatic N) is 3. The van der Waals surface area contributed by atoms with Crippen LogP contribution in [0.1, 0.15) is 43.1 Å². The number of hydrogen-bond acceptors (Lipinski definition) is 4. The normalized spacial score (nSPS) is 24.5. The number of imidazole rings is 1. The summed E-state index contributed by atoms with van der Waals surface area (Å²) in [4.78, 5) is 8.80. The van der Waals surface area contributed by atoms with Gasteiger partial charge in [-0.3, -0.25) is 4.98 Å². The third-order valence-corrected chi connectivity index (χ3v) is 4.45. The van der Waals surface area contributed by atoms with Gasteiger partial charge in [0.2, 0.25) is 0 Å². The second-order valence-corrected chi connectivity index (χ2v) is 5.89. The molecule has 1 radical (unpaired) electrons. The van der Waals surface area contributed by atoms with Crippen molar-refractivity contribution in [2.24, 2.45) is 0 Å². The molecule has 0 saturated heterocycles. The van der Waals surface area contributed by atoms with Crippen LogP contribution >= 0.6 is 0 Å². The standard InChI is InChI=1S/C15H18N5.Y/c1-9-5-12-7-17-14(16)13-8-18-15(20(12)13)10-3-2-4-11(6-10)19-9;/h7,10-11,19H,1-6H2,(H2,16,17);/q-1;/t10-,11?;/m1./s1. The van der Waals surface area contributed by atoms with Crippen LogP contribution in [-0.4, -0.2) is 20.4 Å². The first-order valence-corrected chi connectivity index (χ1v) is 7.20. The van der Waals surface area contributed by atoms with E-state index in [-0.39, 0.29) is 32.7 Å². The van der Waals surface area contributed by atoms with Crippen LogP contribution in [0.15, 0.2) is 18.5 Å². The van der Waals surface area contributed by atoms with Gasteiger partial charge in [-0.1, -0.05) is 25.6 Å². The van der Waals surface area contributed by atoms with Crippen molar-refractivity contribution in [2.75, 3.05) is 5.73 Å². The number of nitrogens with two attached hydrogens (primary N) is 1. The molecule has 1 aliphatic heterocycles. The predicted molar refractivity (Wildman–Crippen MR) is 77.2 cm³/mol. The molecule has 6 heteroatoms. The molecule has 2 bridgehead atoms. The van der Waals surface area contributed by atoms with Crippen molar-refractivity contribution in [3.05, 3.63) is 36.2 Å². The number of anilines is 1. The maximum Gasteiger partial charge on any atom is 0.0467 e. The molecular weight excluding hydrogens is 339 g/mol. The zero-order chi connectivity index (χ0) is 13.7. The first-order chi connectivity index (χ1) is 9.72. The third kappa shape index (κ3) is 2.51. The van der Waals surface area contributed by atoms with Crippen LogP contribution in [0.4, 0.5) is 5.82 Å². The Bertz CT molecular complexity index is 693. The number of hydrogen-bond donors (Lipinski definition) is 2. The van der Waals surface area contributed by atoms with E-state index < -0.39 is 0 Å². The smallest absolute Gasteiger partial charge is 0.0467 e. The summed E-state index contributed by atoms with van der Waals surface area (Å²) in [5.74, 6) is 2.05. The van der Waals surface area contributed by atoms with Crippen molar-refractivity contribution < 1.29 is 32.7 Å². The number of rotatable bonds is 0. The molecular formula is C15H18N5Y-. The van der Waals surface area contributed by atoms with Crippen LogP contribution in [0.3, 0.4) is 0 Å². The minimum absolute atomic E-state index is 0. The van der Waals surface area contributed by atoms with Gasteiger partial charge in [0, 0.05) is 74.4 Å². The molecule has 5 nitrogen and oxygen atoms in total. The number of fused-ring (bicyclic) bond motifs is 3. The van der Waals surface area contributed by atoms with E-state index in [0.717, 1.165) is 35.6 Å². The number of nitrogens with one attached hydrogen (secondary N) is 1. The molecule has 4 rings (SSSR count). The Labute approximate surface area is 149 Å². The second-order valence-electron chi connectivity index (χ2n) is 5.89. The van der Waals surface area contributed by atoms with Gasteiger partial charge in [0.25, 0.3) is 0 Å². The van der Waals surface area contributed by atoms with E-state index in [1.807, 2.05) is 6.20 Å². The van der Waals surface area contributed by atoms with Crippen LogP contribution in [0, 0.1) is 6.20 Å². The average Bonchev–Trinajstić information content (AvgIpc) is 2.88. The molecule has 1 fully saturated rings. The van der Waals surface area contributed by atoms with E-state index in [1.165, 1.54) is 19.3 Å². The predicted octanol–water partition coefficient (Wildman–Crippen LogP) is 1.79. The van der Waals surface area contributed by atoms with Crippen LogP contribution in [-0.2, 0) is 39.1 Å². The van der Waals surface area contributed by atoms with Crippen LogP contribution in [0.25, 0.3) is 5.52 Å². The van der Waals surface area contributed by atoms with E-state index in [1.54, 1.807) is 0 Å². The summed E-state index contributed by atoms with van der Waals surface area (Å²) >= 11 is 0. The first kappa shape index (κ1) is 15.0. The molecule has 21 heavy (non-hydrogen) atoms. The molecule has 2 aromatic heterocycles. The molecule has 3 heterocycles. The van der Waals surface area contributed by atoms with Crippen molar-refractivity contribution in [1.29, 1.82) is 0 Å². The molecule has 2 atom stereocenters. The summed E-state index contributed by atoms with van der Waals surface area (Å²) < 4.78 is 2.15. The van der Waals surface area contributed by atoms with Crippen molar-refractivity contribution in [2.45, 2.75) is 44.1 Å². The monoisotopic (exact) mass is 357 g/mol. The van der Waals surface area contributed by atoms with Crippen LogP contribution in [0.2, 0.25) is 0 Å². The Balaban J connectivity index is 0.00000132. The van der Waals surface area contributed by atoms with E-state index in [2.05, 4.69) is 32.5 Å². The van der Waals surface area contributed by atoms with Gasteiger partial charge in [-0.05, 0) is 24.3 Å². The van der Waals surface area contributed by atoms with Gasteiger partial charge in [-0.25, -0.2) is 0 Å². The van der Waals surface area contributed by atoms with Gasteiger partial charge < -0.3 is 20.4 Å². The molecule has 107 valence electrons. The maximum atomic E-state index is 5.97. The van der Waals surface area contributed by atoms with Gasteiger partial charge in [-0.2, -0.15) is 0 Å². The van der Waals surface area contributed by atoms with Gasteiger partial charge in [0.05, 0.1) is 0 Å². The summed E-state index contributed by atoms with van der Waals surface area (Å²) in [6, 6.07) is 0.508. The largest absolute Gasteiger partial charge is 0.432 e. The molecule has 2 aromatic rings. The van der Waals surface area contributed by atoms with E-state index in [4.69, 9.17) is 5.73 Å². The van der Waals surface area contributed by atoms with Crippen molar-refractivity contribution >= 4 is 11.3 Å². The maximum absolute atomic E-state index is 5.97.